The molecule has 0 aliphatic heterocycles. The SMILES string of the molecule is CCC1=C([N+](=O)[O-])C=C2C(=Cc3cc([N+](=O)[O-])cc([N+](=O)[O-])c32)C1=Nc1c(C)cccc1C(C)C. The Morgan fingerprint density at radius 1 is 0.943 bits per heavy atom. The van der Waals surface area contributed by atoms with Crippen molar-refractivity contribution in [2.45, 2.75) is 40.0 Å². The molecular formula is C25H22N4O6. The highest BCUT2D eigenvalue weighted by molar-refractivity contribution is 6.29. The van der Waals surface area contributed by atoms with Gasteiger partial charge < -0.3 is 0 Å². The van der Waals surface area contributed by atoms with Crippen LogP contribution in [0.15, 0.2) is 58.2 Å². The van der Waals surface area contributed by atoms with E-state index in [1.54, 1.807) is 13.0 Å². The fourth-order valence-corrected chi connectivity index (χ4v) is 4.56. The third kappa shape index (κ3) is 3.92. The molecule has 0 atom stereocenters. The van der Waals surface area contributed by atoms with Crippen LogP contribution >= 0.6 is 0 Å². The number of rotatable bonds is 6. The van der Waals surface area contributed by atoms with E-state index in [0.29, 0.717) is 29.0 Å². The molecule has 178 valence electrons. The van der Waals surface area contributed by atoms with E-state index in [0.717, 1.165) is 17.2 Å². The molecule has 2 aliphatic rings. The summed E-state index contributed by atoms with van der Waals surface area (Å²) in [4.78, 5) is 38.3. The van der Waals surface area contributed by atoms with Crippen molar-refractivity contribution < 1.29 is 14.8 Å². The molecule has 35 heavy (non-hydrogen) atoms. The van der Waals surface area contributed by atoms with E-state index < -0.39 is 26.1 Å². The van der Waals surface area contributed by atoms with Gasteiger partial charge in [-0.15, -0.1) is 0 Å². The zero-order chi connectivity index (χ0) is 25.6. The molecule has 0 saturated carbocycles. The summed E-state index contributed by atoms with van der Waals surface area (Å²) in [6.07, 6.45) is 3.22. The van der Waals surface area contributed by atoms with Gasteiger partial charge in [-0.3, -0.25) is 30.3 Å². The molecule has 2 aromatic carbocycles. The maximum atomic E-state index is 12.0. The summed E-state index contributed by atoms with van der Waals surface area (Å²) in [5.74, 6) is 0.135. The van der Waals surface area contributed by atoms with Crippen LogP contribution in [0.1, 0.15) is 55.4 Å². The van der Waals surface area contributed by atoms with E-state index in [9.17, 15) is 30.3 Å². The van der Waals surface area contributed by atoms with Crippen LogP contribution < -0.4 is 0 Å². The zero-order valence-corrected chi connectivity index (χ0v) is 19.6. The fourth-order valence-electron chi connectivity index (χ4n) is 4.56. The highest BCUT2D eigenvalue weighted by Crippen LogP contribution is 2.48. The van der Waals surface area contributed by atoms with Gasteiger partial charge in [-0.2, -0.15) is 0 Å². The van der Waals surface area contributed by atoms with Crippen LogP contribution in [0.2, 0.25) is 0 Å². The van der Waals surface area contributed by atoms with Crippen LogP contribution in [0.5, 0.6) is 0 Å². The van der Waals surface area contributed by atoms with Gasteiger partial charge in [0.25, 0.3) is 17.1 Å². The summed E-state index contributed by atoms with van der Waals surface area (Å²) >= 11 is 0. The molecule has 2 aliphatic carbocycles. The van der Waals surface area contributed by atoms with Crippen LogP contribution in [0.4, 0.5) is 17.1 Å². The number of para-hydroxylation sites is 1. The predicted octanol–water partition coefficient (Wildman–Crippen LogP) is 6.44. The third-order valence-electron chi connectivity index (χ3n) is 6.20. The average molecular weight is 474 g/mol. The second-order valence-corrected chi connectivity index (χ2v) is 8.66. The van der Waals surface area contributed by atoms with Crippen molar-refractivity contribution in [1.82, 2.24) is 0 Å². The van der Waals surface area contributed by atoms with Gasteiger partial charge in [-0.05, 0) is 42.0 Å². The van der Waals surface area contributed by atoms with Crippen molar-refractivity contribution in [3.05, 3.63) is 106 Å². The molecule has 0 unspecified atom stereocenters. The summed E-state index contributed by atoms with van der Waals surface area (Å²) < 4.78 is 0. The van der Waals surface area contributed by atoms with Gasteiger partial charge >= 0.3 is 0 Å². The molecule has 4 rings (SSSR count). The van der Waals surface area contributed by atoms with Gasteiger partial charge in [0.05, 0.1) is 43.4 Å². The van der Waals surface area contributed by atoms with Crippen molar-refractivity contribution in [3.8, 4) is 0 Å². The van der Waals surface area contributed by atoms with Crippen LogP contribution in [-0.4, -0.2) is 20.5 Å². The molecule has 2 aromatic rings. The normalized spacial score (nSPS) is 15.6. The monoisotopic (exact) mass is 474 g/mol. The van der Waals surface area contributed by atoms with E-state index in [1.165, 1.54) is 12.1 Å². The van der Waals surface area contributed by atoms with E-state index in [4.69, 9.17) is 4.99 Å². The minimum atomic E-state index is -0.705. The number of aryl methyl sites for hydroxylation is 1. The number of fused-ring (bicyclic) bond motifs is 3. The first-order valence-corrected chi connectivity index (χ1v) is 11.0. The highest BCUT2D eigenvalue weighted by Gasteiger charge is 2.39. The molecule has 0 aromatic heterocycles. The molecule has 0 amide bonds. The lowest BCUT2D eigenvalue weighted by Gasteiger charge is -2.20. The van der Waals surface area contributed by atoms with E-state index >= 15 is 0 Å². The quantitative estimate of drug-likeness (QED) is 0.348. The van der Waals surface area contributed by atoms with E-state index in [-0.39, 0.29) is 28.3 Å². The molecule has 0 N–H and O–H groups in total. The Morgan fingerprint density at radius 3 is 2.23 bits per heavy atom. The lowest BCUT2D eigenvalue weighted by atomic mass is 9.86. The van der Waals surface area contributed by atoms with Gasteiger partial charge in [0.2, 0.25) is 0 Å². The van der Waals surface area contributed by atoms with Gasteiger partial charge in [-0.25, -0.2) is 4.99 Å². The third-order valence-corrected chi connectivity index (χ3v) is 6.20. The Kier molecular flexibility index (Phi) is 5.89. The van der Waals surface area contributed by atoms with Gasteiger partial charge in [0, 0.05) is 23.3 Å². The van der Waals surface area contributed by atoms with Gasteiger partial charge in [0.1, 0.15) is 0 Å². The number of aliphatic imine (C=N–C) groups is 1. The fraction of sp³-hybridized carbons (Fsp3) is 0.240. The first-order chi connectivity index (χ1) is 16.5. The van der Waals surface area contributed by atoms with E-state index in [1.807, 2.05) is 39.0 Å². The largest absolute Gasteiger partial charge is 0.284 e. The number of nitro groups is 3. The van der Waals surface area contributed by atoms with Crippen molar-refractivity contribution >= 4 is 34.4 Å². The minimum Gasteiger partial charge on any atom is -0.258 e. The van der Waals surface area contributed by atoms with Crippen LogP contribution in [-0.2, 0) is 0 Å². The zero-order valence-electron chi connectivity index (χ0n) is 19.6. The summed E-state index contributed by atoms with van der Waals surface area (Å²) in [6, 6.07) is 7.91. The van der Waals surface area contributed by atoms with Crippen molar-refractivity contribution in [1.29, 1.82) is 0 Å². The maximum Gasteiger partial charge on any atom is 0.284 e. The van der Waals surface area contributed by atoms with Gasteiger partial charge in [0.15, 0.2) is 0 Å². The van der Waals surface area contributed by atoms with Crippen LogP contribution in [0.3, 0.4) is 0 Å². The average Bonchev–Trinajstić information content (AvgIpc) is 3.17. The minimum absolute atomic E-state index is 0.117. The van der Waals surface area contributed by atoms with Crippen LogP contribution in [0.25, 0.3) is 11.6 Å². The molecule has 0 spiro atoms. The number of nitro benzene ring substituents is 2. The Balaban J connectivity index is 2.08. The Morgan fingerprint density at radius 2 is 1.66 bits per heavy atom. The number of nitrogens with zero attached hydrogens (tertiary/aromatic N) is 4. The number of hydrogen-bond donors (Lipinski definition) is 0. The number of allylic oxidation sites excluding steroid dienone is 4. The van der Waals surface area contributed by atoms with Crippen molar-refractivity contribution in [2.24, 2.45) is 4.99 Å². The molecule has 0 fully saturated rings. The summed E-state index contributed by atoms with van der Waals surface area (Å²) in [6.45, 7) is 7.73. The molecule has 0 heterocycles. The highest BCUT2D eigenvalue weighted by atomic mass is 16.6. The summed E-state index contributed by atoms with van der Waals surface area (Å²) in [7, 11) is 0. The Labute approximate surface area is 200 Å². The summed E-state index contributed by atoms with van der Waals surface area (Å²) in [5.41, 5.74) is 3.29. The Hall–Kier alpha value is -4.47. The van der Waals surface area contributed by atoms with Crippen molar-refractivity contribution in [2.75, 3.05) is 0 Å². The maximum absolute atomic E-state index is 12.0. The predicted molar refractivity (Wildman–Crippen MR) is 132 cm³/mol. The molecule has 10 nitrogen and oxygen atoms in total. The smallest absolute Gasteiger partial charge is 0.258 e. The lowest BCUT2D eigenvalue weighted by Crippen LogP contribution is -2.17. The number of benzene rings is 2. The first kappa shape index (κ1) is 23.7. The molecule has 0 radical (unpaired) electrons. The first-order valence-electron chi connectivity index (χ1n) is 11.0. The molecule has 10 heteroatoms. The topological polar surface area (TPSA) is 142 Å². The van der Waals surface area contributed by atoms with Crippen molar-refractivity contribution in [3.63, 3.8) is 0 Å². The second-order valence-electron chi connectivity index (χ2n) is 8.66. The number of hydrogen-bond acceptors (Lipinski definition) is 7. The molecule has 0 bridgehead atoms. The Bertz CT molecular complexity index is 1450. The van der Waals surface area contributed by atoms with Crippen LogP contribution in [0, 0.1) is 37.3 Å². The molecule has 0 saturated heterocycles. The second kappa shape index (κ2) is 8.71. The summed E-state index contributed by atoms with van der Waals surface area (Å²) in [5, 5.41) is 35.3. The lowest BCUT2D eigenvalue weighted by molar-refractivity contribution is -0.419. The number of non-ortho nitro benzene ring substituents is 1. The molecular weight excluding hydrogens is 452 g/mol. The van der Waals surface area contributed by atoms with Gasteiger partial charge in [-0.1, -0.05) is 39.0 Å². The standard InChI is InChI=1S/C25H22N4O6/c1-5-17-21(28(32)33)12-19-20(25(17)26-24-14(4)7-6-8-18(24)13(2)3)10-15-9-16(27(30)31)11-22(23(15)19)29(34)35/h6-13H,5H2,1-4H3. The van der Waals surface area contributed by atoms with E-state index in [2.05, 4.69) is 0 Å².